The molecule has 6 heteroatoms. The highest BCUT2D eigenvalue weighted by Gasteiger charge is 2.25. The molecule has 1 fully saturated rings. The molecule has 2 aromatic heterocycles. The van der Waals surface area contributed by atoms with E-state index in [0.717, 1.165) is 42.9 Å². The molecule has 1 amide bonds. The number of carbonyl (C=O) groups excluding carboxylic acids is 1. The second-order valence-electron chi connectivity index (χ2n) is 7.89. The molecule has 5 nitrogen and oxygen atoms in total. The van der Waals surface area contributed by atoms with Crippen molar-refractivity contribution in [1.82, 2.24) is 14.7 Å². The van der Waals surface area contributed by atoms with Crippen molar-refractivity contribution in [3.8, 4) is 0 Å². The van der Waals surface area contributed by atoms with E-state index in [1.54, 1.807) is 11.3 Å². The van der Waals surface area contributed by atoms with Crippen LogP contribution >= 0.6 is 11.3 Å². The number of amides is 1. The molecule has 27 heavy (non-hydrogen) atoms. The third-order valence-electron chi connectivity index (χ3n) is 5.12. The van der Waals surface area contributed by atoms with Crippen molar-refractivity contribution in [2.75, 3.05) is 13.2 Å². The highest BCUT2D eigenvalue weighted by atomic mass is 32.1. The van der Waals surface area contributed by atoms with Gasteiger partial charge in [0.2, 0.25) is 5.91 Å². The first-order chi connectivity index (χ1) is 12.9. The zero-order valence-electron chi connectivity index (χ0n) is 16.9. The van der Waals surface area contributed by atoms with Crippen molar-refractivity contribution in [2.24, 2.45) is 5.92 Å². The minimum absolute atomic E-state index is 0.161. The number of aryl methyl sites for hydroxylation is 1. The van der Waals surface area contributed by atoms with Crippen LogP contribution in [0.3, 0.4) is 0 Å². The molecule has 0 aliphatic carbocycles. The van der Waals surface area contributed by atoms with Crippen LogP contribution in [0.4, 0.5) is 0 Å². The van der Waals surface area contributed by atoms with E-state index in [4.69, 9.17) is 4.74 Å². The summed E-state index contributed by atoms with van der Waals surface area (Å²) < 4.78 is 7.84. The Morgan fingerprint density at radius 2 is 2.26 bits per heavy atom. The molecular weight excluding hydrogens is 358 g/mol. The second-order valence-corrected chi connectivity index (χ2v) is 8.92. The Balaban J connectivity index is 1.74. The highest BCUT2D eigenvalue weighted by Crippen LogP contribution is 2.20. The van der Waals surface area contributed by atoms with Crippen molar-refractivity contribution in [3.63, 3.8) is 0 Å². The Hall–Kier alpha value is -1.66. The summed E-state index contributed by atoms with van der Waals surface area (Å²) in [6.45, 7) is 11.5. The monoisotopic (exact) mass is 389 g/mol. The van der Waals surface area contributed by atoms with Crippen LogP contribution in [-0.2, 0) is 29.0 Å². The molecule has 1 unspecified atom stereocenters. The molecule has 0 bridgehead atoms. The predicted molar refractivity (Wildman–Crippen MR) is 109 cm³/mol. The Kier molecular flexibility index (Phi) is 6.71. The SMILES string of the molecule is Cc1nn(CC(C)C)c(C)c1CC(=O)N(Cc1cccs1)CC1CCCO1. The van der Waals surface area contributed by atoms with Crippen LogP contribution in [0.1, 0.15) is 48.5 Å². The summed E-state index contributed by atoms with van der Waals surface area (Å²) in [5.41, 5.74) is 3.15. The van der Waals surface area contributed by atoms with Gasteiger partial charge in [0.15, 0.2) is 0 Å². The lowest BCUT2D eigenvalue weighted by molar-refractivity contribution is -0.132. The van der Waals surface area contributed by atoms with E-state index in [-0.39, 0.29) is 12.0 Å². The van der Waals surface area contributed by atoms with Gasteiger partial charge >= 0.3 is 0 Å². The summed E-state index contributed by atoms with van der Waals surface area (Å²) in [5, 5.41) is 6.73. The minimum Gasteiger partial charge on any atom is -0.376 e. The van der Waals surface area contributed by atoms with Gasteiger partial charge in [0, 0.05) is 35.8 Å². The molecular formula is C21H31N3O2S. The number of carbonyl (C=O) groups is 1. The predicted octanol–water partition coefficient (Wildman–Crippen LogP) is 3.97. The van der Waals surface area contributed by atoms with Gasteiger partial charge in [0.25, 0.3) is 0 Å². The van der Waals surface area contributed by atoms with Crippen molar-refractivity contribution in [3.05, 3.63) is 39.3 Å². The maximum Gasteiger partial charge on any atom is 0.227 e. The van der Waals surface area contributed by atoms with Crippen LogP contribution in [0, 0.1) is 19.8 Å². The van der Waals surface area contributed by atoms with Crippen molar-refractivity contribution < 1.29 is 9.53 Å². The number of nitrogens with zero attached hydrogens (tertiary/aromatic N) is 3. The first-order valence-electron chi connectivity index (χ1n) is 9.88. The molecule has 1 aliphatic rings. The van der Waals surface area contributed by atoms with Crippen molar-refractivity contribution in [2.45, 2.75) is 66.2 Å². The number of hydrogen-bond acceptors (Lipinski definition) is 4. The topological polar surface area (TPSA) is 47.4 Å². The van der Waals surface area contributed by atoms with Gasteiger partial charge < -0.3 is 9.64 Å². The lowest BCUT2D eigenvalue weighted by atomic mass is 10.1. The summed E-state index contributed by atoms with van der Waals surface area (Å²) in [5.74, 6) is 0.690. The standard InChI is InChI=1S/C21H31N3O2S/c1-15(2)12-24-17(4)20(16(3)22-24)11-21(25)23(13-18-7-5-9-26-18)14-19-8-6-10-27-19/h6,8,10,15,18H,5,7,9,11-14H2,1-4H3. The fraction of sp³-hybridized carbons (Fsp3) is 0.619. The lowest BCUT2D eigenvalue weighted by Gasteiger charge is -2.25. The van der Waals surface area contributed by atoms with E-state index < -0.39 is 0 Å². The first-order valence-corrected chi connectivity index (χ1v) is 10.8. The van der Waals surface area contributed by atoms with E-state index in [2.05, 4.69) is 37.3 Å². The molecule has 1 saturated heterocycles. The molecule has 3 heterocycles. The Labute approximate surface area is 166 Å². The molecule has 148 valence electrons. The number of thiophene rings is 1. The third kappa shape index (κ3) is 5.20. The van der Waals surface area contributed by atoms with Gasteiger partial charge in [-0.3, -0.25) is 9.48 Å². The van der Waals surface area contributed by atoms with Crippen molar-refractivity contribution in [1.29, 1.82) is 0 Å². The van der Waals surface area contributed by atoms with Gasteiger partial charge in [-0.25, -0.2) is 0 Å². The van der Waals surface area contributed by atoms with Gasteiger partial charge in [0.05, 0.1) is 24.8 Å². The highest BCUT2D eigenvalue weighted by molar-refractivity contribution is 7.09. The Morgan fingerprint density at radius 1 is 1.44 bits per heavy atom. The van der Waals surface area contributed by atoms with Crippen LogP contribution in [0.2, 0.25) is 0 Å². The first kappa shape index (κ1) is 20.1. The summed E-state index contributed by atoms with van der Waals surface area (Å²) in [4.78, 5) is 16.4. The van der Waals surface area contributed by atoms with E-state index in [1.807, 2.05) is 22.6 Å². The smallest absolute Gasteiger partial charge is 0.227 e. The Morgan fingerprint density at radius 3 is 2.89 bits per heavy atom. The summed E-state index contributed by atoms with van der Waals surface area (Å²) >= 11 is 1.70. The van der Waals surface area contributed by atoms with E-state index in [9.17, 15) is 4.79 Å². The van der Waals surface area contributed by atoms with E-state index >= 15 is 0 Å². The molecule has 0 saturated carbocycles. The van der Waals surface area contributed by atoms with Crippen LogP contribution in [-0.4, -0.2) is 39.8 Å². The molecule has 0 aromatic carbocycles. The molecule has 2 aromatic rings. The number of ether oxygens (including phenoxy) is 1. The van der Waals surface area contributed by atoms with Crippen LogP contribution < -0.4 is 0 Å². The van der Waals surface area contributed by atoms with Gasteiger partial charge in [0.1, 0.15) is 0 Å². The largest absolute Gasteiger partial charge is 0.376 e. The fourth-order valence-electron chi connectivity index (χ4n) is 3.66. The molecule has 3 rings (SSSR count). The number of hydrogen-bond donors (Lipinski definition) is 0. The fourth-order valence-corrected chi connectivity index (χ4v) is 4.38. The van der Waals surface area contributed by atoms with Gasteiger partial charge in [-0.05, 0) is 44.1 Å². The molecule has 0 radical (unpaired) electrons. The summed E-state index contributed by atoms with van der Waals surface area (Å²) in [6, 6.07) is 4.14. The normalized spacial score (nSPS) is 17.0. The number of rotatable bonds is 8. The Bertz CT molecular complexity index is 746. The van der Waals surface area contributed by atoms with E-state index in [1.165, 1.54) is 4.88 Å². The molecule has 0 spiro atoms. The van der Waals surface area contributed by atoms with Crippen LogP contribution in [0.5, 0.6) is 0 Å². The third-order valence-corrected chi connectivity index (χ3v) is 5.99. The molecule has 0 N–H and O–H groups in total. The average Bonchev–Trinajstić information content (AvgIpc) is 3.34. The quantitative estimate of drug-likeness (QED) is 0.686. The van der Waals surface area contributed by atoms with Crippen LogP contribution in [0.25, 0.3) is 0 Å². The zero-order valence-corrected chi connectivity index (χ0v) is 17.7. The minimum atomic E-state index is 0.161. The zero-order chi connectivity index (χ0) is 19.4. The lowest BCUT2D eigenvalue weighted by Crippen LogP contribution is -2.37. The summed E-state index contributed by atoms with van der Waals surface area (Å²) in [6.07, 6.45) is 2.71. The van der Waals surface area contributed by atoms with Gasteiger partial charge in [-0.2, -0.15) is 5.10 Å². The molecule has 1 aliphatic heterocycles. The average molecular weight is 390 g/mol. The maximum atomic E-state index is 13.2. The molecule has 1 atom stereocenters. The van der Waals surface area contributed by atoms with Crippen molar-refractivity contribution >= 4 is 17.2 Å². The summed E-state index contributed by atoms with van der Waals surface area (Å²) in [7, 11) is 0. The van der Waals surface area contributed by atoms with Gasteiger partial charge in [-0.15, -0.1) is 11.3 Å². The van der Waals surface area contributed by atoms with E-state index in [0.29, 0.717) is 25.4 Å². The number of aromatic nitrogens is 2. The van der Waals surface area contributed by atoms with Crippen LogP contribution in [0.15, 0.2) is 17.5 Å². The second kappa shape index (κ2) is 9.02. The van der Waals surface area contributed by atoms with Gasteiger partial charge in [-0.1, -0.05) is 19.9 Å². The maximum absolute atomic E-state index is 13.2.